The highest BCUT2D eigenvalue weighted by molar-refractivity contribution is 6.22. The number of para-hydroxylation sites is 2. The molecule has 6 nitrogen and oxygen atoms in total. The Morgan fingerprint density at radius 2 is 1.31 bits per heavy atom. The number of hydrogen-bond donors (Lipinski definition) is 0. The summed E-state index contributed by atoms with van der Waals surface area (Å²) >= 11 is 0. The Balaban J connectivity index is 0.00000105. The van der Waals surface area contributed by atoms with Crippen LogP contribution in [0.4, 0.5) is 5.69 Å². The Bertz CT molecular complexity index is 1230. The summed E-state index contributed by atoms with van der Waals surface area (Å²) < 4.78 is 5.88. The zero-order valence-corrected chi connectivity index (χ0v) is 17.9. The van der Waals surface area contributed by atoms with Gasteiger partial charge >= 0.3 is 0 Å². The van der Waals surface area contributed by atoms with Crippen molar-refractivity contribution in [2.24, 2.45) is 0 Å². The van der Waals surface area contributed by atoms with Gasteiger partial charge in [-0.25, -0.2) is 0 Å². The summed E-state index contributed by atoms with van der Waals surface area (Å²) in [5.41, 5.74) is 2.10. The minimum absolute atomic E-state index is 0.133. The van der Waals surface area contributed by atoms with Gasteiger partial charge in [0.1, 0.15) is 24.4 Å². The maximum atomic E-state index is 13.8. The largest absolute Gasteiger partial charge is 0.491 e. The first-order valence-electron chi connectivity index (χ1n) is 10.7. The molecule has 3 aliphatic rings. The number of carbonyl (C=O) groups is 3. The summed E-state index contributed by atoms with van der Waals surface area (Å²) in [6.07, 6.45) is 0. The van der Waals surface area contributed by atoms with Crippen molar-refractivity contribution in [3.05, 3.63) is 95.1 Å². The third kappa shape index (κ3) is 2.49. The van der Waals surface area contributed by atoms with Gasteiger partial charge in [-0.2, -0.15) is 0 Å². The van der Waals surface area contributed by atoms with Gasteiger partial charge in [-0.15, -0.1) is 0 Å². The molecule has 0 radical (unpaired) electrons. The average molecular weight is 426 g/mol. The molecule has 6 heteroatoms. The van der Waals surface area contributed by atoms with E-state index in [0.717, 1.165) is 16.0 Å². The summed E-state index contributed by atoms with van der Waals surface area (Å²) in [5.74, 6) is -0.275. The van der Waals surface area contributed by atoms with Gasteiger partial charge in [0, 0.05) is 5.56 Å². The summed E-state index contributed by atoms with van der Waals surface area (Å²) in [6.45, 7) is 4.06. The number of imide groups is 1. The molecule has 3 aliphatic heterocycles. The molecule has 160 valence electrons. The molecule has 0 fully saturated rings. The van der Waals surface area contributed by atoms with Crippen LogP contribution >= 0.6 is 0 Å². The quantitative estimate of drug-likeness (QED) is 0.581. The average Bonchev–Trinajstić information content (AvgIpc) is 3.43. The van der Waals surface area contributed by atoms with Crippen LogP contribution in [0.25, 0.3) is 0 Å². The molecule has 1 unspecified atom stereocenters. The lowest BCUT2D eigenvalue weighted by Crippen LogP contribution is -2.48. The molecule has 0 saturated heterocycles. The number of rotatable bonds is 2. The Hall–Kier alpha value is -3.93. The normalized spacial score (nSPS) is 20.0. The van der Waals surface area contributed by atoms with Crippen molar-refractivity contribution in [1.29, 1.82) is 0 Å². The highest BCUT2D eigenvalue weighted by Crippen LogP contribution is 2.52. The topological polar surface area (TPSA) is 66.9 Å². The van der Waals surface area contributed by atoms with Gasteiger partial charge in [0.05, 0.1) is 16.8 Å². The van der Waals surface area contributed by atoms with E-state index in [-0.39, 0.29) is 31.0 Å². The predicted molar refractivity (Wildman–Crippen MR) is 120 cm³/mol. The SMILES string of the molecule is CC.O=C1c2ccccc2C(=O)N1CN1C(=O)C2(COc3ccccc32)c2ccccc21. The maximum absolute atomic E-state index is 13.8. The fraction of sp³-hybridized carbons (Fsp3) is 0.192. The fourth-order valence-corrected chi connectivity index (χ4v) is 4.78. The second-order valence-electron chi connectivity index (χ2n) is 7.67. The number of amides is 3. The second-order valence-corrected chi connectivity index (χ2v) is 7.67. The van der Waals surface area contributed by atoms with Crippen LogP contribution in [0.1, 0.15) is 45.7 Å². The molecule has 0 saturated carbocycles. The van der Waals surface area contributed by atoms with Crippen molar-refractivity contribution in [3.63, 3.8) is 0 Å². The summed E-state index contributed by atoms with van der Waals surface area (Å²) in [7, 11) is 0. The van der Waals surface area contributed by atoms with E-state index >= 15 is 0 Å². The minimum Gasteiger partial charge on any atom is -0.491 e. The molecule has 32 heavy (non-hydrogen) atoms. The van der Waals surface area contributed by atoms with Gasteiger partial charge in [-0.3, -0.25) is 24.2 Å². The van der Waals surface area contributed by atoms with Crippen LogP contribution in [0.15, 0.2) is 72.8 Å². The molecule has 1 atom stereocenters. The number of nitrogens with zero attached hydrogens (tertiary/aromatic N) is 2. The van der Waals surface area contributed by atoms with Crippen molar-refractivity contribution in [3.8, 4) is 5.75 Å². The van der Waals surface area contributed by atoms with Crippen molar-refractivity contribution in [2.45, 2.75) is 19.3 Å². The molecular weight excluding hydrogens is 404 g/mol. The van der Waals surface area contributed by atoms with Gasteiger partial charge in [-0.05, 0) is 29.8 Å². The van der Waals surface area contributed by atoms with Crippen LogP contribution in [0, 0.1) is 0 Å². The molecule has 0 aromatic heterocycles. The number of benzene rings is 3. The standard InChI is InChI=1S/C24H16N2O4.C2H6/c27-21-15-7-1-2-8-16(15)22(28)26(21)14-25-19-11-5-3-9-17(19)24(23(25)29)13-30-20-12-6-4-10-18(20)24;1-2/h1-12H,13-14H2;1-2H3. The van der Waals surface area contributed by atoms with Crippen molar-refractivity contribution < 1.29 is 19.1 Å². The van der Waals surface area contributed by atoms with E-state index in [1.807, 2.05) is 62.4 Å². The summed E-state index contributed by atoms with van der Waals surface area (Å²) in [4.78, 5) is 42.2. The first kappa shape index (κ1) is 20.0. The fourth-order valence-electron chi connectivity index (χ4n) is 4.78. The first-order valence-corrected chi connectivity index (χ1v) is 10.7. The minimum atomic E-state index is -0.966. The van der Waals surface area contributed by atoms with Crippen molar-refractivity contribution >= 4 is 23.4 Å². The molecule has 3 aromatic rings. The van der Waals surface area contributed by atoms with Gasteiger partial charge < -0.3 is 4.74 Å². The smallest absolute Gasteiger partial charge is 0.263 e. The van der Waals surface area contributed by atoms with Gasteiger partial charge in [0.25, 0.3) is 11.8 Å². The predicted octanol–water partition coefficient (Wildman–Crippen LogP) is 3.99. The third-order valence-electron chi connectivity index (χ3n) is 6.22. The summed E-state index contributed by atoms with van der Waals surface area (Å²) in [5, 5.41) is 0. The van der Waals surface area contributed by atoms with E-state index in [4.69, 9.17) is 4.74 Å². The number of carbonyl (C=O) groups excluding carboxylic acids is 3. The van der Waals surface area contributed by atoms with Crippen LogP contribution in [0.2, 0.25) is 0 Å². The van der Waals surface area contributed by atoms with Crippen LogP contribution in [-0.2, 0) is 10.2 Å². The third-order valence-corrected chi connectivity index (χ3v) is 6.22. The molecule has 0 N–H and O–H groups in total. The number of anilines is 1. The van der Waals surface area contributed by atoms with Crippen molar-refractivity contribution in [2.75, 3.05) is 18.2 Å². The molecular formula is C26H22N2O4. The van der Waals surface area contributed by atoms with E-state index < -0.39 is 5.41 Å². The number of hydrogen-bond acceptors (Lipinski definition) is 4. The maximum Gasteiger partial charge on any atom is 0.263 e. The van der Waals surface area contributed by atoms with E-state index in [0.29, 0.717) is 22.6 Å². The van der Waals surface area contributed by atoms with Gasteiger partial charge in [0.2, 0.25) is 5.91 Å². The highest BCUT2D eigenvalue weighted by atomic mass is 16.5. The Labute approximate surface area is 186 Å². The lowest BCUT2D eigenvalue weighted by atomic mass is 9.77. The number of ether oxygens (including phenoxy) is 1. The summed E-state index contributed by atoms with van der Waals surface area (Å²) in [6, 6.07) is 21.8. The van der Waals surface area contributed by atoms with Gasteiger partial charge in [0.15, 0.2) is 0 Å². The van der Waals surface area contributed by atoms with Gasteiger partial charge in [-0.1, -0.05) is 62.4 Å². The van der Waals surface area contributed by atoms with Crippen LogP contribution < -0.4 is 9.64 Å². The van der Waals surface area contributed by atoms with Crippen molar-refractivity contribution in [1.82, 2.24) is 4.90 Å². The first-order chi connectivity index (χ1) is 15.6. The zero-order chi connectivity index (χ0) is 22.5. The number of fused-ring (bicyclic) bond motifs is 5. The second kappa shape index (κ2) is 7.34. The molecule has 0 bridgehead atoms. The lowest BCUT2D eigenvalue weighted by Gasteiger charge is -2.26. The lowest BCUT2D eigenvalue weighted by molar-refractivity contribution is -0.122. The van der Waals surface area contributed by atoms with Crippen LogP contribution in [0.3, 0.4) is 0 Å². The van der Waals surface area contributed by atoms with E-state index in [2.05, 4.69) is 0 Å². The monoisotopic (exact) mass is 426 g/mol. The molecule has 0 aliphatic carbocycles. The van der Waals surface area contributed by atoms with Crippen LogP contribution in [-0.4, -0.2) is 35.9 Å². The molecule has 3 aromatic carbocycles. The molecule has 3 heterocycles. The molecule has 3 amide bonds. The Morgan fingerprint density at radius 1 is 0.750 bits per heavy atom. The highest BCUT2D eigenvalue weighted by Gasteiger charge is 2.57. The zero-order valence-electron chi connectivity index (χ0n) is 17.9. The van der Waals surface area contributed by atoms with Crippen LogP contribution in [0.5, 0.6) is 5.75 Å². The molecule has 6 rings (SSSR count). The van der Waals surface area contributed by atoms with E-state index in [1.54, 1.807) is 24.3 Å². The van der Waals surface area contributed by atoms with E-state index in [9.17, 15) is 14.4 Å². The Morgan fingerprint density at radius 3 is 2.00 bits per heavy atom. The Kier molecular flexibility index (Phi) is 4.59. The molecule has 1 spiro atoms. The van der Waals surface area contributed by atoms with E-state index in [1.165, 1.54) is 4.90 Å².